The van der Waals surface area contributed by atoms with Gasteiger partial charge in [-0.3, -0.25) is 9.36 Å². The van der Waals surface area contributed by atoms with Crippen molar-refractivity contribution in [2.75, 3.05) is 5.75 Å². The van der Waals surface area contributed by atoms with Gasteiger partial charge >= 0.3 is 5.97 Å². The zero-order chi connectivity index (χ0) is 12.3. The molecule has 2 aromatic rings. The van der Waals surface area contributed by atoms with Crippen molar-refractivity contribution in [1.82, 2.24) is 9.55 Å². The molecule has 0 saturated carbocycles. The maximum absolute atomic E-state index is 10.5. The van der Waals surface area contributed by atoms with Gasteiger partial charge in [-0.2, -0.15) is 0 Å². The third kappa shape index (κ3) is 2.81. The number of para-hydroxylation sites is 1. The van der Waals surface area contributed by atoms with Crippen molar-refractivity contribution in [3.63, 3.8) is 0 Å². The van der Waals surface area contributed by atoms with E-state index in [4.69, 9.17) is 16.7 Å². The van der Waals surface area contributed by atoms with Gasteiger partial charge in [0.1, 0.15) is 0 Å². The second-order valence-corrected chi connectivity index (χ2v) is 4.56. The van der Waals surface area contributed by atoms with E-state index in [0.29, 0.717) is 10.2 Å². The molecule has 1 heterocycles. The van der Waals surface area contributed by atoms with E-state index in [-0.39, 0.29) is 5.75 Å². The van der Waals surface area contributed by atoms with E-state index in [1.807, 2.05) is 18.2 Å². The molecule has 1 aromatic carbocycles. The summed E-state index contributed by atoms with van der Waals surface area (Å²) in [4.78, 5) is 14.6. The first kappa shape index (κ1) is 12.0. The molecule has 6 heteroatoms. The molecule has 0 spiro atoms. The molecular weight excluding hydrogens is 260 g/mol. The van der Waals surface area contributed by atoms with Crippen LogP contribution in [0.4, 0.5) is 0 Å². The van der Waals surface area contributed by atoms with Crippen LogP contribution in [0.1, 0.15) is 0 Å². The first-order chi connectivity index (χ1) is 8.18. The van der Waals surface area contributed by atoms with Gasteiger partial charge < -0.3 is 5.11 Å². The summed E-state index contributed by atoms with van der Waals surface area (Å²) in [7, 11) is 0. The zero-order valence-electron chi connectivity index (χ0n) is 8.71. The van der Waals surface area contributed by atoms with Crippen LogP contribution in [0.15, 0.2) is 41.8 Å². The Kier molecular flexibility index (Phi) is 3.71. The quantitative estimate of drug-likeness (QED) is 0.867. The molecule has 0 amide bonds. The number of carboxylic acid groups (broad SMARTS) is 1. The lowest BCUT2D eigenvalue weighted by molar-refractivity contribution is -0.133. The number of thioether (sulfide) groups is 1. The largest absolute Gasteiger partial charge is 0.481 e. The molecule has 2 rings (SSSR count). The molecule has 0 atom stereocenters. The summed E-state index contributed by atoms with van der Waals surface area (Å²) < 4.78 is 1.77. The SMILES string of the molecule is O=C(O)CSc1nccn1-c1ccccc1Cl. The Morgan fingerprint density at radius 3 is 2.94 bits per heavy atom. The highest BCUT2D eigenvalue weighted by atomic mass is 35.5. The Balaban J connectivity index is 2.31. The second-order valence-electron chi connectivity index (χ2n) is 3.21. The van der Waals surface area contributed by atoms with Crippen LogP contribution in [0.5, 0.6) is 0 Å². The fourth-order valence-electron chi connectivity index (χ4n) is 1.35. The van der Waals surface area contributed by atoms with Crippen LogP contribution in [-0.2, 0) is 4.79 Å². The fraction of sp³-hybridized carbons (Fsp3) is 0.0909. The Hall–Kier alpha value is -1.46. The predicted octanol–water partition coefficient (Wildman–Crippen LogP) is 2.70. The van der Waals surface area contributed by atoms with E-state index in [1.165, 1.54) is 0 Å². The van der Waals surface area contributed by atoms with E-state index in [9.17, 15) is 4.79 Å². The molecule has 1 aromatic heterocycles. The number of benzene rings is 1. The molecule has 17 heavy (non-hydrogen) atoms. The van der Waals surface area contributed by atoms with Crippen molar-refractivity contribution >= 4 is 29.3 Å². The van der Waals surface area contributed by atoms with Gasteiger partial charge in [-0.05, 0) is 12.1 Å². The minimum Gasteiger partial charge on any atom is -0.481 e. The van der Waals surface area contributed by atoms with E-state index in [0.717, 1.165) is 17.4 Å². The van der Waals surface area contributed by atoms with Gasteiger partial charge in [0.25, 0.3) is 0 Å². The molecule has 0 fully saturated rings. The van der Waals surface area contributed by atoms with Gasteiger partial charge in [0.05, 0.1) is 16.5 Å². The molecule has 0 aliphatic carbocycles. The molecule has 0 aliphatic heterocycles. The fourth-order valence-corrected chi connectivity index (χ4v) is 2.27. The summed E-state index contributed by atoms with van der Waals surface area (Å²) in [5.74, 6) is -0.898. The third-order valence-corrected chi connectivity index (χ3v) is 3.31. The average Bonchev–Trinajstić information content (AvgIpc) is 2.75. The summed E-state index contributed by atoms with van der Waals surface area (Å²) in [5, 5.41) is 9.86. The smallest absolute Gasteiger partial charge is 0.313 e. The van der Waals surface area contributed by atoms with E-state index in [2.05, 4.69) is 4.98 Å². The van der Waals surface area contributed by atoms with E-state index in [1.54, 1.807) is 23.0 Å². The molecule has 0 radical (unpaired) electrons. The summed E-state index contributed by atoms with van der Waals surface area (Å²) in [6.45, 7) is 0. The summed E-state index contributed by atoms with van der Waals surface area (Å²) in [6.07, 6.45) is 3.37. The lowest BCUT2D eigenvalue weighted by Crippen LogP contribution is -2.01. The van der Waals surface area contributed by atoms with Gasteiger partial charge in [-0.25, -0.2) is 4.98 Å². The maximum atomic E-state index is 10.5. The molecule has 1 N–H and O–H groups in total. The van der Waals surface area contributed by atoms with Crippen LogP contribution in [0.2, 0.25) is 5.02 Å². The number of halogens is 1. The summed E-state index contributed by atoms with van der Waals surface area (Å²) >= 11 is 7.24. The third-order valence-electron chi connectivity index (χ3n) is 2.04. The molecule has 4 nitrogen and oxygen atoms in total. The van der Waals surface area contributed by atoms with Crippen molar-refractivity contribution < 1.29 is 9.90 Å². The second kappa shape index (κ2) is 5.25. The normalized spacial score (nSPS) is 10.4. The van der Waals surface area contributed by atoms with E-state index < -0.39 is 5.97 Å². The first-order valence-corrected chi connectivity index (χ1v) is 6.17. The number of carbonyl (C=O) groups is 1. The van der Waals surface area contributed by atoms with Crippen LogP contribution in [-0.4, -0.2) is 26.4 Å². The van der Waals surface area contributed by atoms with Crippen LogP contribution >= 0.6 is 23.4 Å². The highest BCUT2D eigenvalue weighted by molar-refractivity contribution is 7.99. The summed E-state index contributed by atoms with van der Waals surface area (Å²) in [5.41, 5.74) is 0.791. The Morgan fingerprint density at radius 2 is 2.24 bits per heavy atom. The van der Waals surface area contributed by atoms with Gasteiger partial charge in [0.2, 0.25) is 0 Å². The van der Waals surface area contributed by atoms with Crippen molar-refractivity contribution in [2.24, 2.45) is 0 Å². The highest BCUT2D eigenvalue weighted by Gasteiger charge is 2.09. The van der Waals surface area contributed by atoms with Crippen molar-refractivity contribution in [3.05, 3.63) is 41.7 Å². The number of nitrogens with zero attached hydrogens (tertiary/aromatic N) is 2. The van der Waals surface area contributed by atoms with Crippen LogP contribution in [0, 0.1) is 0 Å². The van der Waals surface area contributed by atoms with Gasteiger partial charge in [-0.1, -0.05) is 35.5 Å². The minimum absolute atomic E-state index is 0.0263. The zero-order valence-corrected chi connectivity index (χ0v) is 10.3. The van der Waals surface area contributed by atoms with Crippen LogP contribution in [0.3, 0.4) is 0 Å². The molecule has 0 saturated heterocycles. The number of aromatic nitrogens is 2. The minimum atomic E-state index is -0.872. The Bertz CT molecular complexity index is 542. The molecule has 88 valence electrons. The molecule has 0 bridgehead atoms. The van der Waals surface area contributed by atoms with Gasteiger partial charge in [-0.15, -0.1) is 0 Å². The van der Waals surface area contributed by atoms with E-state index >= 15 is 0 Å². The predicted molar refractivity (Wildman–Crippen MR) is 66.9 cm³/mol. The Labute approximate surface area is 107 Å². The number of carboxylic acids is 1. The monoisotopic (exact) mass is 268 g/mol. The number of rotatable bonds is 4. The maximum Gasteiger partial charge on any atom is 0.313 e. The number of aliphatic carboxylic acids is 1. The van der Waals surface area contributed by atoms with Crippen molar-refractivity contribution in [1.29, 1.82) is 0 Å². The Morgan fingerprint density at radius 1 is 1.47 bits per heavy atom. The first-order valence-electron chi connectivity index (χ1n) is 4.81. The van der Waals surface area contributed by atoms with Gasteiger partial charge in [0, 0.05) is 12.4 Å². The highest BCUT2D eigenvalue weighted by Crippen LogP contribution is 2.25. The van der Waals surface area contributed by atoms with Crippen molar-refractivity contribution in [2.45, 2.75) is 5.16 Å². The number of hydrogen-bond donors (Lipinski definition) is 1. The van der Waals surface area contributed by atoms with Crippen molar-refractivity contribution in [3.8, 4) is 5.69 Å². The average molecular weight is 269 g/mol. The topological polar surface area (TPSA) is 55.1 Å². The van der Waals surface area contributed by atoms with Crippen LogP contribution in [0.25, 0.3) is 5.69 Å². The number of hydrogen-bond acceptors (Lipinski definition) is 3. The number of imidazole rings is 1. The molecule has 0 unspecified atom stereocenters. The molecular formula is C11H9ClN2O2S. The van der Waals surface area contributed by atoms with Crippen LogP contribution < -0.4 is 0 Å². The lowest BCUT2D eigenvalue weighted by atomic mass is 10.3. The summed E-state index contributed by atoms with van der Waals surface area (Å²) in [6, 6.07) is 7.34. The molecule has 0 aliphatic rings. The lowest BCUT2D eigenvalue weighted by Gasteiger charge is -2.08. The van der Waals surface area contributed by atoms with Gasteiger partial charge in [0.15, 0.2) is 5.16 Å². The standard InChI is InChI=1S/C11H9ClN2O2S/c12-8-3-1-2-4-9(8)14-6-5-13-11(14)17-7-10(15)16/h1-6H,7H2,(H,15,16).